The molecular formula is C13H18N4OS. The Morgan fingerprint density at radius 2 is 2.42 bits per heavy atom. The van der Waals surface area contributed by atoms with Crippen molar-refractivity contribution in [2.24, 2.45) is 0 Å². The van der Waals surface area contributed by atoms with Gasteiger partial charge >= 0.3 is 0 Å². The molecule has 0 aromatic carbocycles. The van der Waals surface area contributed by atoms with Gasteiger partial charge in [-0.3, -0.25) is 9.48 Å². The third-order valence-electron chi connectivity index (χ3n) is 2.85. The maximum absolute atomic E-state index is 12.2. The normalized spacial score (nSPS) is 12.3. The molecule has 1 amide bonds. The summed E-state index contributed by atoms with van der Waals surface area (Å²) in [5.74, 6) is -0.166. The minimum Gasteiger partial charge on any atom is -0.396 e. The second kappa shape index (κ2) is 5.88. The van der Waals surface area contributed by atoms with E-state index in [2.05, 4.69) is 16.5 Å². The number of hydrogen-bond donors (Lipinski definition) is 2. The van der Waals surface area contributed by atoms with E-state index >= 15 is 0 Å². The van der Waals surface area contributed by atoms with Crippen molar-refractivity contribution in [3.05, 3.63) is 34.3 Å². The first-order valence-electron chi connectivity index (χ1n) is 6.26. The number of rotatable bonds is 5. The van der Waals surface area contributed by atoms with E-state index in [1.165, 1.54) is 11.1 Å². The van der Waals surface area contributed by atoms with Crippen LogP contribution in [0.1, 0.15) is 29.2 Å². The molecule has 0 saturated carbocycles. The molecule has 2 heterocycles. The number of nitrogens with one attached hydrogen (secondary N) is 1. The maximum atomic E-state index is 12.2. The zero-order valence-electron chi connectivity index (χ0n) is 11.1. The molecule has 1 unspecified atom stereocenters. The van der Waals surface area contributed by atoms with E-state index in [1.54, 1.807) is 16.0 Å². The first kappa shape index (κ1) is 13.6. The van der Waals surface area contributed by atoms with Gasteiger partial charge in [-0.15, -0.1) is 11.3 Å². The average molecular weight is 278 g/mol. The molecule has 0 saturated heterocycles. The van der Waals surface area contributed by atoms with Crippen LogP contribution in [0, 0.1) is 0 Å². The Morgan fingerprint density at radius 1 is 1.63 bits per heavy atom. The number of nitrogens with two attached hydrogens (primary N) is 1. The zero-order chi connectivity index (χ0) is 13.8. The van der Waals surface area contributed by atoms with Crippen LogP contribution in [0.4, 0.5) is 5.69 Å². The van der Waals surface area contributed by atoms with E-state index in [9.17, 15) is 4.79 Å². The summed E-state index contributed by atoms with van der Waals surface area (Å²) in [6.07, 6.45) is 2.34. The number of carbonyl (C=O) groups is 1. The Bertz CT molecular complexity index is 547. The smallest absolute Gasteiger partial charge is 0.271 e. The van der Waals surface area contributed by atoms with Crippen LogP contribution in [0.3, 0.4) is 0 Å². The molecule has 0 aliphatic heterocycles. The van der Waals surface area contributed by atoms with E-state index in [-0.39, 0.29) is 11.9 Å². The number of anilines is 1. The molecule has 0 bridgehead atoms. The molecule has 0 fully saturated rings. The van der Waals surface area contributed by atoms with Gasteiger partial charge in [0.2, 0.25) is 0 Å². The topological polar surface area (TPSA) is 72.9 Å². The van der Waals surface area contributed by atoms with Crippen molar-refractivity contribution in [3.8, 4) is 0 Å². The summed E-state index contributed by atoms with van der Waals surface area (Å²) >= 11 is 1.69. The van der Waals surface area contributed by atoms with E-state index in [0.29, 0.717) is 17.9 Å². The van der Waals surface area contributed by atoms with Gasteiger partial charge in [0.25, 0.3) is 5.91 Å². The number of aryl methyl sites for hydroxylation is 1. The molecule has 2 aromatic heterocycles. The zero-order valence-corrected chi connectivity index (χ0v) is 11.9. The first-order valence-corrected chi connectivity index (χ1v) is 7.14. The highest BCUT2D eigenvalue weighted by Gasteiger charge is 2.18. The molecule has 5 nitrogen and oxygen atoms in total. The number of amides is 1. The molecule has 0 radical (unpaired) electrons. The molecule has 1 atom stereocenters. The summed E-state index contributed by atoms with van der Waals surface area (Å²) < 4.78 is 1.61. The Balaban J connectivity index is 2.02. The van der Waals surface area contributed by atoms with Gasteiger partial charge in [-0.05, 0) is 25.3 Å². The predicted octanol–water partition coefficient (Wildman–Crippen LogP) is 1.91. The fraction of sp³-hybridized carbons (Fsp3) is 0.385. The van der Waals surface area contributed by atoms with E-state index < -0.39 is 0 Å². The quantitative estimate of drug-likeness (QED) is 0.877. The summed E-state index contributed by atoms with van der Waals surface area (Å²) in [6.45, 7) is 4.54. The largest absolute Gasteiger partial charge is 0.396 e. The van der Waals surface area contributed by atoms with Gasteiger partial charge < -0.3 is 11.1 Å². The lowest BCUT2D eigenvalue weighted by Crippen LogP contribution is -2.35. The fourth-order valence-electron chi connectivity index (χ4n) is 1.96. The molecule has 2 rings (SSSR count). The van der Waals surface area contributed by atoms with Crippen LogP contribution in [0.25, 0.3) is 0 Å². The van der Waals surface area contributed by atoms with Crippen LogP contribution in [0.5, 0.6) is 0 Å². The van der Waals surface area contributed by atoms with Gasteiger partial charge in [0.15, 0.2) is 0 Å². The summed E-state index contributed by atoms with van der Waals surface area (Å²) in [6, 6.07) is 4.14. The van der Waals surface area contributed by atoms with Crippen molar-refractivity contribution >= 4 is 22.9 Å². The fourth-order valence-corrected chi connectivity index (χ4v) is 2.80. The summed E-state index contributed by atoms with van der Waals surface area (Å²) in [5, 5.41) is 9.07. The average Bonchev–Trinajstić information content (AvgIpc) is 2.98. The second-order valence-corrected chi connectivity index (χ2v) is 5.45. The van der Waals surface area contributed by atoms with E-state index in [0.717, 1.165) is 6.42 Å². The van der Waals surface area contributed by atoms with E-state index in [1.807, 2.05) is 25.3 Å². The molecule has 6 heteroatoms. The number of hydrogen-bond acceptors (Lipinski definition) is 4. The molecule has 0 aliphatic rings. The lowest BCUT2D eigenvalue weighted by molar-refractivity contribution is 0.0930. The van der Waals surface area contributed by atoms with Gasteiger partial charge in [0.1, 0.15) is 5.69 Å². The summed E-state index contributed by atoms with van der Waals surface area (Å²) in [5.41, 5.74) is 6.65. The first-order chi connectivity index (χ1) is 9.11. The lowest BCUT2D eigenvalue weighted by Gasteiger charge is -2.14. The van der Waals surface area contributed by atoms with Gasteiger partial charge in [0, 0.05) is 23.9 Å². The lowest BCUT2D eigenvalue weighted by atomic mass is 10.2. The monoisotopic (exact) mass is 278 g/mol. The molecule has 2 aromatic rings. The minimum atomic E-state index is -0.166. The number of aromatic nitrogens is 2. The van der Waals surface area contributed by atoms with Gasteiger partial charge in [-0.25, -0.2) is 0 Å². The number of thiophene rings is 1. The Kier molecular flexibility index (Phi) is 4.21. The minimum absolute atomic E-state index is 0.0609. The van der Waals surface area contributed by atoms with Crippen molar-refractivity contribution in [3.63, 3.8) is 0 Å². The Morgan fingerprint density at radius 3 is 3.05 bits per heavy atom. The molecule has 0 spiro atoms. The van der Waals surface area contributed by atoms with Gasteiger partial charge in [-0.1, -0.05) is 6.07 Å². The predicted molar refractivity (Wildman–Crippen MR) is 77.3 cm³/mol. The van der Waals surface area contributed by atoms with Crippen molar-refractivity contribution in [2.45, 2.75) is 32.9 Å². The number of carbonyl (C=O) groups excluding carboxylic acids is 1. The number of nitrogen functional groups attached to an aromatic ring is 1. The van der Waals surface area contributed by atoms with Crippen LogP contribution in [0.2, 0.25) is 0 Å². The van der Waals surface area contributed by atoms with Gasteiger partial charge in [0.05, 0.1) is 11.9 Å². The van der Waals surface area contributed by atoms with Crippen LogP contribution in [0.15, 0.2) is 23.7 Å². The molecule has 102 valence electrons. The Labute approximate surface area is 116 Å². The van der Waals surface area contributed by atoms with Crippen molar-refractivity contribution in [1.29, 1.82) is 0 Å². The third-order valence-corrected chi connectivity index (χ3v) is 3.75. The second-order valence-electron chi connectivity index (χ2n) is 4.42. The van der Waals surface area contributed by atoms with Gasteiger partial charge in [-0.2, -0.15) is 5.10 Å². The Hall–Kier alpha value is -1.82. The van der Waals surface area contributed by atoms with Crippen LogP contribution >= 0.6 is 11.3 Å². The highest BCUT2D eigenvalue weighted by atomic mass is 32.1. The third kappa shape index (κ3) is 3.14. The van der Waals surface area contributed by atoms with Crippen LogP contribution in [-0.2, 0) is 13.0 Å². The standard InChI is InChI=1S/C13H18N4OS/c1-3-17-12(11(14)8-15-17)13(18)16-9(2)7-10-5-4-6-19-10/h4-6,8-9H,3,7,14H2,1-2H3,(H,16,18). The molecular weight excluding hydrogens is 260 g/mol. The van der Waals surface area contributed by atoms with Crippen molar-refractivity contribution < 1.29 is 4.79 Å². The molecule has 0 aliphatic carbocycles. The van der Waals surface area contributed by atoms with Crippen LogP contribution in [-0.4, -0.2) is 21.7 Å². The van der Waals surface area contributed by atoms with Crippen molar-refractivity contribution in [2.75, 3.05) is 5.73 Å². The summed E-state index contributed by atoms with van der Waals surface area (Å²) in [7, 11) is 0. The highest BCUT2D eigenvalue weighted by Crippen LogP contribution is 2.13. The maximum Gasteiger partial charge on any atom is 0.271 e. The van der Waals surface area contributed by atoms with E-state index in [4.69, 9.17) is 5.73 Å². The van der Waals surface area contributed by atoms with Crippen molar-refractivity contribution in [1.82, 2.24) is 15.1 Å². The number of nitrogens with zero attached hydrogens (tertiary/aromatic N) is 2. The summed E-state index contributed by atoms with van der Waals surface area (Å²) in [4.78, 5) is 13.5. The SMILES string of the molecule is CCn1ncc(N)c1C(=O)NC(C)Cc1cccs1. The molecule has 19 heavy (non-hydrogen) atoms. The highest BCUT2D eigenvalue weighted by molar-refractivity contribution is 7.09. The van der Waals surface area contributed by atoms with Crippen LogP contribution < -0.4 is 11.1 Å². The molecule has 3 N–H and O–H groups in total.